The number of benzene rings is 3. The number of thioether (sulfide) groups is 1. The Morgan fingerprint density at radius 1 is 0.970 bits per heavy atom. The van der Waals surface area contributed by atoms with Crippen LogP contribution in [0.3, 0.4) is 0 Å². The summed E-state index contributed by atoms with van der Waals surface area (Å²) >= 11 is 11.2. The van der Waals surface area contributed by atoms with Gasteiger partial charge in [-0.25, -0.2) is 4.39 Å². The van der Waals surface area contributed by atoms with Crippen molar-refractivity contribution in [1.29, 1.82) is 0 Å². The summed E-state index contributed by atoms with van der Waals surface area (Å²) in [5.41, 5.74) is 2.49. The SMILES string of the molecule is O=C1SC(=Cc2cc(I)c(OCc3ccc(Cl)cc3)c(I)c2)C(=O)N1Cc1ccc(F)cc1. The van der Waals surface area contributed by atoms with Crippen molar-refractivity contribution < 1.29 is 18.7 Å². The Kier molecular flexibility index (Phi) is 7.98. The van der Waals surface area contributed by atoms with Gasteiger partial charge in [0.05, 0.1) is 18.6 Å². The fraction of sp³-hybridized carbons (Fsp3) is 0.0833. The third kappa shape index (κ3) is 6.09. The highest BCUT2D eigenvalue weighted by molar-refractivity contribution is 14.1. The summed E-state index contributed by atoms with van der Waals surface area (Å²) in [6.45, 7) is 0.514. The van der Waals surface area contributed by atoms with Crippen LogP contribution in [0.15, 0.2) is 65.6 Å². The van der Waals surface area contributed by atoms with Gasteiger partial charge in [0, 0.05) is 5.02 Å². The second kappa shape index (κ2) is 10.7. The van der Waals surface area contributed by atoms with Gasteiger partial charge in [-0.15, -0.1) is 0 Å². The molecule has 4 nitrogen and oxygen atoms in total. The molecule has 1 fully saturated rings. The first kappa shape index (κ1) is 24.5. The first-order valence-electron chi connectivity index (χ1n) is 9.66. The molecule has 0 N–H and O–H groups in total. The number of hydrogen-bond donors (Lipinski definition) is 0. The topological polar surface area (TPSA) is 46.6 Å². The zero-order valence-electron chi connectivity index (χ0n) is 16.9. The summed E-state index contributed by atoms with van der Waals surface area (Å²) in [5, 5.41) is 0.331. The van der Waals surface area contributed by atoms with E-state index < -0.39 is 0 Å². The smallest absolute Gasteiger partial charge is 0.293 e. The van der Waals surface area contributed by atoms with Gasteiger partial charge in [0.25, 0.3) is 11.1 Å². The molecule has 0 aliphatic carbocycles. The molecule has 0 unspecified atom stereocenters. The third-order valence-corrected chi connectivity index (χ3v) is 7.50. The number of hydrogen-bond acceptors (Lipinski definition) is 4. The summed E-state index contributed by atoms with van der Waals surface area (Å²) in [5.74, 6) is 0.0349. The molecule has 0 aromatic heterocycles. The van der Waals surface area contributed by atoms with Crippen molar-refractivity contribution in [3.8, 4) is 5.75 Å². The number of imide groups is 1. The predicted molar refractivity (Wildman–Crippen MR) is 146 cm³/mol. The summed E-state index contributed by atoms with van der Waals surface area (Å²) < 4.78 is 20.9. The molecule has 168 valence electrons. The lowest BCUT2D eigenvalue weighted by atomic mass is 10.2. The van der Waals surface area contributed by atoms with Gasteiger partial charge in [-0.05, 0) is 116 Å². The van der Waals surface area contributed by atoms with Crippen LogP contribution in [-0.4, -0.2) is 16.0 Å². The van der Waals surface area contributed by atoms with Crippen LogP contribution in [0.5, 0.6) is 5.75 Å². The minimum atomic E-state index is -0.363. The maximum absolute atomic E-state index is 13.1. The van der Waals surface area contributed by atoms with Crippen molar-refractivity contribution in [2.45, 2.75) is 13.2 Å². The lowest BCUT2D eigenvalue weighted by Gasteiger charge is -2.13. The van der Waals surface area contributed by atoms with Crippen LogP contribution in [0.2, 0.25) is 5.02 Å². The van der Waals surface area contributed by atoms with Crippen LogP contribution in [0.25, 0.3) is 6.08 Å². The highest BCUT2D eigenvalue weighted by Crippen LogP contribution is 2.35. The maximum Gasteiger partial charge on any atom is 0.293 e. The molecule has 2 amide bonds. The Morgan fingerprint density at radius 3 is 2.21 bits per heavy atom. The largest absolute Gasteiger partial charge is 0.487 e. The summed E-state index contributed by atoms with van der Waals surface area (Å²) in [6, 6.07) is 17.0. The fourth-order valence-electron chi connectivity index (χ4n) is 3.10. The Hall–Kier alpha value is -1.63. The normalized spacial score (nSPS) is 14.9. The minimum absolute atomic E-state index is 0.106. The molecule has 1 heterocycles. The molecule has 4 rings (SSSR count). The van der Waals surface area contributed by atoms with Crippen molar-refractivity contribution in [2.75, 3.05) is 0 Å². The van der Waals surface area contributed by atoms with E-state index in [9.17, 15) is 14.0 Å². The molecule has 9 heteroatoms. The second-order valence-electron chi connectivity index (χ2n) is 7.12. The number of ether oxygens (including phenoxy) is 1. The van der Waals surface area contributed by atoms with Crippen LogP contribution in [0.4, 0.5) is 9.18 Å². The number of carbonyl (C=O) groups is 2. The molecule has 0 saturated carbocycles. The van der Waals surface area contributed by atoms with Gasteiger partial charge < -0.3 is 4.74 Å². The summed E-state index contributed by atoms with van der Waals surface area (Å²) in [7, 11) is 0. The summed E-state index contributed by atoms with van der Waals surface area (Å²) in [6.07, 6.45) is 1.71. The van der Waals surface area contributed by atoms with Gasteiger partial charge in [-0.2, -0.15) is 0 Å². The number of halogens is 4. The molecule has 33 heavy (non-hydrogen) atoms. The first-order valence-corrected chi connectivity index (χ1v) is 13.0. The number of nitrogens with zero attached hydrogens (tertiary/aromatic N) is 1. The monoisotopic (exact) mass is 705 g/mol. The van der Waals surface area contributed by atoms with E-state index in [0.717, 1.165) is 35.8 Å². The average molecular weight is 706 g/mol. The van der Waals surface area contributed by atoms with Crippen LogP contribution in [-0.2, 0) is 17.9 Å². The van der Waals surface area contributed by atoms with E-state index >= 15 is 0 Å². The zero-order chi connectivity index (χ0) is 23.5. The molecule has 1 saturated heterocycles. The fourth-order valence-corrected chi connectivity index (χ4v) is 6.19. The van der Waals surface area contributed by atoms with E-state index in [1.165, 1.54) is 17.0 Å². The van der Waals surface area contributed by atoms with Gasteiger partial charge in [0.15, 0.2) is 0 Å². The molecule has 0 radical (unpaired) electrons. The van der Waals surface area contributed by atoms with Crippen molar-refractivity contribution >= 4 is 85.8 Å². The van der Waals surface area contributed by atoms with Crippen molar-refractivity contribution in [1.82, 2.24) is 4.90 Å². The highest BCUT2D eigenvalue weighted by atomic mass is 127. The lowest BCUT2D eigenvalue weighted by Crippen LogP contribution is -2.27. The third-order valence-electron chi connectivity index (χ3n) is 4.74. The Bertz CT molecular complexity index is 1230. The van der Waals surface area contributed by atoms with E-state index in [2.05, 4.69) is 45.2 Å². The summed E-state index contributed by atoms with van der Waals surface area (Å²) in [4.78, 5) is 26.7. The van der Waals surface area contributed by atoms with E-state index in [-0.39, 0.29) is 23.5 Å². The quantitative estimate of drug-likeness (QED) is 0.197. The molecule has 3 aromatic rings. The van der Waals surface area contributed by atoms with E-state index in [4.69, 9.17) is 16.3 Å². The van der Waals surface area contributed by atoms with Gasteiger partial charge in [-0.3, -0.25) is 14.5 Å². The Labute approximate surface area is 226 Å². The van der Waals surface area contributed by atoms with Gasteiger partial charge >= 0.3 is 0 Å². The van der Waals surface area contributed by atoms with Crippen LogP contribution in [0.1, 0.15) is 16.7 Å². The van der Waals surface area contributed by atoms with Crippen LogP contribution in [0, 0.1) is 13.0 Å². The van der Waals surface area contributed by atoms with Crippen LogP contribution >= 0.6 is 68.5 Å². The molecule has 0 bridgehead atoms. The van der Waals surface area contributed by atoms with Crippen molar-refractivity contribution in [2.24, 2.45) is 0 Å². The van der Waals surface area contributed by atoms with Crippen LogP contribution < -0.4 is 4.74 Å². The first-order chi connectivity index (χ1) is 15.8. The minimum Gasteiger partial charge on any atom is -0.487 e. The predicted octanol–water partition coefficient (Wildman–Crippen LogP) is 7.50. The van der Waals surface area contributed by atoms with Gasteiger partial charge in [0.1, 0.15) is 18.2 Å². The molecule has 0 atom stereocenters. The van der Waals surface area contributed by atoms with Crippen molar-refractivity contribution in [3.05, 3.63) is 100 Å². The Balaban J connectivity index is 1.49. The molecule has 3 aromatic carbocycles. The molecule has 1 aliphatic rings. The maximum atomic E-state index is 13.1. The number of amides is 2. The lowest BCUT2D eigenvalue weighted by molar-refractivity contribution is -0.123. The average Bonchev–Trinajstić information content (AvgIpc) is 3.03. The van der Waals surface area contributed by atoms with E-state index in [1.54, 1.807) is 18.2 Å². The molecular formula is C24H15ClFI2NO3S. The van der Waals surface area contributed by atoms with Gasteiger partial charge in [-0.1, -0.05) is 35.9 Å². The van der Waals surface area contributed by atoms with Crippen molar-refractivity contribution in [3.63, 3.8) is 0 Å². The second-order valence-corrected chi connectivity index (χ2v) is 10.9. The van der Waals surface area contributed by atoms with E-state index in [0.29, 0.717) is 22.1 Å². The Morgan fingerprint density at radius 2 is 1.58 bits per heavy atom. The highest BCUT2D eigenvalue weighted by Gasteiger charge is 2.35. The molecular weight excluding hydrogens is 691 g/mol. The number of carbonyl (C=O) groups excluding carboxylic acids is 2. The van der Waals surface area contributed by atoms with E-state index in [1.807, 2.05) is 36.4 Å². The van der Waals surface area contributed by atoms with Gasteiger partial charge in [0.2, 0.25) is 0 Å². The zero-order valence-corrected chi connectivity index (χ0v) is 22.7. The molecule has 1 aliphatic heterocycles. The number of rotatable bonds is 6. The standard InChI is InChI=1S/C24H15ClFI2NO3S/c25-17-5-1-15(2-6-17)13-32-22-19(27)9-16(10-20(22)28)11-21-23(30)29(24(31)33-21)12-14-3-7-18(26)8-4-14/h1-11H,12-13H2. The molecule has 0 spiro atoms.